The monoisotopic (exact) mass is 283 g/mol. The molecule has 0 aromatic heterocycles. The van der Waals surface area contributed by atoms with Gasteiger partial charge in [0, 0.05) is 0 Å². The van der Waals surface area contributed by atoms with Crippen LogP contribution in [0.4, 0.5) is 4.79 Å². The molecule has 2 aliphatic rings. The van der Waals surface area contributed by atoms with Gasteiger partial charge in [-0.2, -0.15) is 12.7 Å². The number of carbonyl (C=O) groups excluding carboxylic acids is 1. The van der Waals surface area contributed by atoms with Gasteiger partial charge >= 0.3 is 16.4 Å². The smallest absolute Gasteiger partial charge is 0.426 e. The molecular weight excluding hydrogens is 270 g/mol. The number of hydrogen-bond donors (Lipinski definition) is 0. The first-order chi connectivity index (χ1) is 9.04. The summed E-state index contributed by atoms with van der Waals surface area (Å²) in [6.45, 7) is 0.0809. The van der Waals surface area contributed by atoms with Crippen LogP contribution in [0.1, 0.15) is 18.4 Å². The molecule has 102 valence electrons. The van der Waals surface area contributed by atoms with E-state index in [2.05, 4.69) is 0 Å². The first-order valence-corrected chi connectivity index (χ1v) is 7.31. The Morgan fingerprint density at radius 1 is 1.32 bits per heavy atom. The second-order valence-corrected chi connectivity index (χ2v) is 6.21. The number of nitrogens with zero attached hydrogens (tertiary/aromatic N) is 1. The van der Waals surface area contributed by atoms with Crippen LogP contribution in [-0.4, -0.2) is 31.0 Å². The Labute approximate surface area is 111 Å². The van der Waals surface area contributed by atoms with Crippen molar-refractivity contribution in [3.63, 3.8) is 0 Å². The van der Waals surface area contributed by atoms with Crippen molar-refractivity contribution in [2.45, 2.75) is 25.0 Å². The fourth-order valence-electron chi connectivity index (χ4n) is 2.09. The molecule has 1 aromatic rings. The lowest BCUT2D eigenvalue weighted by Crippen LogP contribution is -2.41. The van der Waals surface area contributed by atoms with Crippen molar-refractivity contribution in [1.29, 1.82) is 0 Å². The van der Waals surface area contributed by atoms with Crippen molar-refractivity contribution < 1.29 is 22.1 Å². The van der Waals surface area contributed by atoms with E-state index in [1.165, 1.54) is 0 Å². The minimum absolute atomic E-state index is 0.0375. The number of carbonyl (C=O) groups is 1. The van der Waals surface area contributed by atoms with Gasteiger partial charge in [-0.25, -0.2) is 4.79 Å². The van der Waals surface area contributed by atoms with Crippen LogP contribution in [0.25, 0.3) is 0 Å². The summed E-state index contributed by atoms with van der Waals surface area (Å²) < 4.78 is 33.9. The molecule has 3 rings (SSSR count). The standard InChI is InChI=1S/C12H13NO5S/c14-11(17-8-10-4-2-1-3-5-10)13-12(6-7-12)9-18-19(13,15)16/h1-5H,6-9H2. The first kappa shape index (κ1) is 12.4. The number of benzene rings is 1. The lowest BCUT2D eigenvalue weighted by Gasteiger charge is -2.19. The molecule has 6 nitrogen and oxygen atoms in total. The van der Waals surface area contributed by atoms with Crippen molar-refractivity contribution in [3.05, 3.63) is 35.9 Å². The zero-order chi connectivity index (χ0) is 13.5. The molecule has 2 fully saturated rings. The molecule has 1 spiro atoms. The van der Waals surface area contributed by atoms with Gasteiger partial charge in [0.05, 0.1) is 12.1 Å². The molecule has 0 atom stereocenters. The summed E-state index contributed by atoms with van der Waals surface area (Å²) in [7, 11) is -3.98. The van der Waals surface area contributed by atoms with Gasteiger partial charge in [-0.05, 0) is 18.4 Å². The normalized spacial score (nSPS) is 22.4. The van der Waals surface area contributed by atoms with E-state index in [0.29, 0.717) is 12.8 Å². The second kappa shape index (κ2) is 4.21. The predicted molar refractivity (Wildman–Crippen MR) is 65.3 cm³/mol. The minimum Gasteiger partial charge on any atom is -0.444 e. The van der Waals surface area contributed by atoms with Crippen molar-refractivity contribution in [3.8, 4) is 0 Å². The van der Waals surface area contributed by atoms with Gasteiger partial charge in [0.25, 0.3) is 0 Å². The number of ether oxygens (including phenoxy) is 1. The Hall–Kier alpha value is -1.60. The predicted octanol–water partition coefficient (Wildman–Crippen LogP) is 1.43. The fraction of sp³-hybridized carbons (Fsp3) is 0.417. The van der Waals surface area contributed by atoms with Gasteiger partial charge < -0.3 is 4.74 Å². The lowest BCUT2D eigenvalue weighted by molar-refractivity contribution is 0.110. The van der Waals surface area contributed by atoms with Gasteiger partial charge in [0.2, 0.25) is 0 Å². The average Bonchev–Trinajstić information content (AvgIpc) is 3.10. The highest BCUT2D eigenvalue weighted by atomic mass is 32.2. The SMILES string of the molecule is O=C(OCc1ccccc1)N1C2(CC2)COS1(=O)=O. The van der Waals surface area contributed by atoms with Crippen LogP contribution in [-0.2, 0) is 25.8 Å². The topological polar surface area (TPSA) is 72.9 Å². The van der Waals surface area contributed by atoms with Gasteiger partial charge in [0.1, 0.15) is 6.61 Å². The van der Waals surface area contributed by atoms with Crippen LogP contribution in [0, 0.1) is 0 Å². The summed E-state index contributed by atoms with van der Waals surface area (Å²) in [5.41, 5.74) is 0.116. The number of amides is 1. The molecular formula is C12H13NO5S. The molecule has 0 radical (unpaired) electrons. The largest absolute Gasteiger partial charge is 0.444 e. The molecule has 19 heavy (non-hydrogen) atoms. The summed E-state index contributed by atoms with van der Waals surface area (Å²) in [6, 6.07) is 9.09. The van der Waals surface area contributed by atoms with E-state index in [1.54, 1.807) is 12.1 Å². The summed E-state index contributed by atoms with van der Waals surface area (Å²) in [5, 5.41) is 0. The molecule has 1 saturated carbocycles. The van der Waals surface area contributed by atoms with Crippen molar-refractivity contribution >= 4 is 16.4 Å². The van der Waals surface area contributed by atoms with Gasteiger partial charge in [0.15, 0.2) is 0 Å². The molecule has 1 saturated heterocycles. The van der Waals surface area contributed by atoms with Crippen molar-refractivity contribution in [1.82, 2.24) is 4.31 Å². The molecule has 1 heterocycles. The third-order valence-corrected chi connectivity index (χ3v) is 4.73. The summed E-state index contributed by atoms with van der Waals surface area (Å²) in [5.74, 6) is 0. The summed E-state index contributed by atoms with van der Waals surface area (Å²) >= 11 is 0. The van der Waals surface area contributed by atoms with Crippen LogP contribution in [0.2, 0.25) is 0 Å². The van der Waals surface area contributed by atoms with Crippen LogP contribution < -0.4 is 0 Å². The highest BCUT2D eigenvalue weighted by Crippen LogP contribution is 2.48. The maximum atomic E-state index is 11.9. The van der Waals surface area contributed by atoms with Gasteiger partial charge in [-0.15, -0.1) is 0 Å². The second-order valence-electron chi connectivity index (χ2n) is 4.75. The highest BCUT2D eigenvalue weighted by molar-refractivity contribution is 7.85. The zero-order valence-corrected chi connectivity index (χ0v) is 10.9. The van der Waals surface area contributed by atoms with E-state index >= 15 is 0 Å². The zero-order valence-electron chi connectivity index (χ0n) is 10.1. The Morgan fingerprint density at radius 3 is 2.63 bits per heavy atom. The van der Waals surface area contributed by atoms with E-state index in [1.807, 2.05) is 18.2 Å². The molecule has 0 N–H and O–H groups in total. The molecule has 0 bridgehead atoms. The Kier molecular flexibility index (Phi) is 2.75. The first-order valence-electron chi connectivity index (χ1n) is 5.94. The average molecular weight is 283 g/mol. The molecule has 1 aliphatic carbocycles. The maximum Gasteiger partial charge on any atom is 0.426 e. The molecule has 1 aromatic carbocycles. The molecule has 7 heteroatoms. The Bertz CT molecular complexity index is 594. The molecule has 1 aliphatic heterocycles. The maximum absolute atomic E-state index is 11.9. The van der Waals surface area contributed by atoms with Crippen molar-refractivity contribution in [2.75, 3.05) is 6.61 Å². The van der Waals surface area contributed by atoms with Crippen LogP contribution in [0.3, 0.4) is 0 Å². The lowest BCUT2D eigenvalue weighted by atomic mass is 10.2. The Morgan fingerprint density at radius 2 is 2.00 bits per heavy atom. The summed E-state index contributed by atoms with van der Waals surface area (Å²) in [6.07, 6.45) is 0.401. The fourth-order valence-corrected chi connectivity index (χ4v) is 3.51. The number of hydrogen-bond acceptors (Lipinski definition) is 5. The highest BCUT2D eigenvalue weighted by Gasteiger charge is 2.62. The molecule has 0 unspecified atom stereocenters. The van der Waals surface area contributed by atoms with Gasteiger partial charge in [-0.1, -0.05) is 30.3 Å². The van der Waals surface area contributed by atoms with E-state index < -0.39 is 21.9 Å². The third kappa shape index (κ3) is 2.19. The van der Waals surface area contributed by atoms with Gasteiger partial charge in [-0.3, -0.25) is 4.18 Å². The van der Waals surface area contributed by atoms with E-state index in [0.717, 1.165) is 9.87 Å². The summed E-state index contributed by atoms with van der Waals surface area (Å²) in [4.78, 5) is 11.9. The van der Waals surface area contributed by atoms with E-state index in [-0.39, 0.29) is 13.2 Å². The third-order valence-electron chi connectivity index (χ3n) is 3.33. The molecule has 1 amide bonds. The van der Waals surface area contributed by atoms with Crippen LogP contribution >= 0.6 is 0 Å². The Balaban J connectivity index is 1.70. The number of rotatable bonds is 2. The minimum atomic E-state index is -3.98. The van der Waals surface area contributed by atoms with Crippen LogP contribution in [0.5, 0.6) is 0 Å². The van der Waals surface area contributed by atoms with E-state index in [9.17, 15) is 13.2 Å². The van der Waals surface area contributed by atoms with Crippen LogP contribution in [0.15, 0.2) is 30.3 Å². The quantitative estimate of drug-likeness (QED) is 0.821. The van der Waals surface area contributed by atoms with Crippen molar-refractivity contribution in [2.24, 2.45) is 0 Å². The van der Waals surface area contributed by atoms with E-state index in [4.69, 9.17) is 8.92 Å².